The van der Waals surface area contributed by atoms with Crippen LogP contribution >= 0.6 is 11.3 Å². The molecule has 0 aliphatic carbocycles. The van der Waals surface area contributed by atoms with Crippen LogP contribution in [0.1, 0.15) is 48.3 Å². The van der Waals surface area contributed by atoms with E-state index in [1.165, 1.54) is 6.42 Å². The Morgan fingerprint density at radius 1 is 1.19 bits per heavy atom. The molecule has 2 fully saturated rings. The second-order valence-corrected chi connectivity index (χ2v) is 8.17. The van der Waals surface area contributed by atoms with E-state index >= 15 is 0 Å². The Bertz CT molecular complexity index is 808. The van der Waals surface area contributed by atoms with Crippen molar-refractivity contribution in [2.45, 2.75) is 38.6 Å². The molecule has 2 N–H and O–H groups in total. The van der Waals surface area contributed by atoms with Crippen molar-refractivity contribution in [2.24, 2.45) is 11.7 Å². The Labute approximate surface area is 156 Å². The minimum atomic E-state index is -0.228. The highest BCUT2D eigenvalue weighted by atomic mass is 32.1. The average molecular weight is 375 g/mol. The van der Waals surface area contributed by atoms with Gasteiger partial charge >= 0.3 is 0 Å². The molecule has 0 radical (unpaired) electrons. The standard InChI is InChI=1S/C18H25N5O2S/c19-16(24)13-5-4-6-21(11-13)12-14-15(20-18-23(14)9-10-26-18)17(25)22-7-2-1-3-8-22/h9-10,13H,1-8,11-12H2,(H2,19,24)/t13-/m1/s1. The number of carbonyl (C=O) groups excluding carboxylic acids is 2. The predicted molar refractivity (Wildman–Crippen MR) is 100 cm³/mol. The lowest BCUT2D eigenvalue weighted by Gasteiger charge is -2.31. The number of amides is 2. The molecule has 2 aromatic heterocycles. The first-order valence-electron chi connectivity index (χ1n) is 9.39. The van der Waals surface area contributed by atoms with Gasteiger partial charge in [-0.3, -0.25) is 18.9 Å². The van der Waals surface area contributed by atoms with E-state index < -0.39 is 0 Å². The van der Waals surface area contributed by atoms with Gasteiger partial charge in [0, 0.05) is 37.8 Å². The van der Waals surface area contributed by atoms with Crippen molar-refractivity contribution in [3.63, 3.8) is 0 Å². The Balaban J connectivity index is 1.60. The SMILES string of the molecule is NC(=O)[C@@H]1CCCN(Cc2c(C(=O)N3CCCCC3)nc3sccn23)C1. The summed E-state index contributed by atoms with van der Waals surface area (Å²) in [7, 11) is 0. The van der Waals surface area contributed by atoms with Crippen LogP contribution in [0.2, 0.25) is 0 Å². The summed E-state index contributed by atoms with van der Waals surface area (Å²) in [6, 6.07) is 0. The first kappa shape index (κ1) is 17.5. The summed E-state index contributed by atoms with van der Waals surface area (Å²) in [4.78, 5) is 34.3. The molecule has 7 nitrogen and oxygen atoms in total. The largest absolute Gasteiger partial charge is 0.369 e. The lowest BCUT2D eigenvalue weighted by molar-refractivity contribution is -0.123. The van der Waals surface area contributed by atoms with Gasteiger partial charge in [0.1, 0.15) is 0 Å². The van der Waals surface area contributed by atoms with Gasteiger partial charge in [-0.25, -0.2) is 4.98 Å². The molecule has 26 heavy (non-hydrogen) atoms. The summed E-state index contributed by atoms with van der Waals surface area (Å²) in [6.07, 6.45) is 7.10. The molecule has 140 valence electrons. The molecule has 0 saturated carbocycles. The molecule has 2 aliphatic heterocycles. The van der Waals surface area contributed by atoms with Crippen LogP contribution in [-0.2, 0) is 11.3 Å². The maximum Gasteiger partial charge on any atom is 0.274 e. The molecule has 4 heterocycles. The number of nitrogens with two attached hydrogens (primary N) is 1. The van der Waals surface area contributed by atoms with E-state index in [1.54, 1.807) is 11.3 Å². The van der Waals surface area contributed by atoms with E-state index in [0.717, 1.165) is 56.0 Å². The number of carbonyl (C=O) groups is 2. The number of piperidine rings is 2. The van der Waals surface area contributed by atoms with Crippen molar-refractivity contribution in [3.8, 4) is 0 Å². The number of primary amides is 1. The van der Waals surface area contributed by atoms with Gasteiger partial charge in [-0.15, -0.1) is 11.3 Å². The van der Waals surface area contributed by atoms with Crippen LogP contribution in [0.5, 0.6) is 0 Å². The lowest BCUT2D eigenvalue weighted by Crippen LogP contribution is -2.41. The monoisotopic (exact) mass is 375 g/mol. The summed E-state index contributed by atoms with van der Waals surface area (Å²) in [6.45, 7) is 3.83. The molecular formula is C18H25N5O2S. The lowest BCUT2D eigenvalue weighted by atomic mass is 9.97. The maximum absolute atomic E-state index is 13.1. The molecule has 2 saturated heterocycles. The molecular weight excluding hydrogens is 350 g/mol. The zero-order valence-corrected chi connectivity index (χ0v) is 15.7. The fourth-order valence-electron chi connectivity index (χ4n) is 4.04. The number of rotatable bonds is 4. The Hall–Kier alpha value is -1.93. The maximum atomic E-state index is 13.1. The number of aromatic nitrogens is 2. The molecule has 2 aromatic rings. The van der Waals surface area contributed by atoms with E-state index in [-0.39, 0.29) is 17.7 Å². The molecule has 0 spiro atoms. The topological polar surface area (TPSA) is 83.9 Å². The molecule has 1 atom stereocenters. The normalized spacial score (nSPS) is 22.0. The highest BCUT2D eigenvalue weighted by molar-refractivity contribution is 7.15. The summed E-state index contributed by atoms with van der Waals surface area (Å²) >= 11 is 1.54. The van der Waals surface area contributed by atoms with Gasteiger partial charge in [-0.1, -0.05) is 0 Å². The van der Waals surface area contributed by atoms with Crippen molar-refractivity contribution in [1.82, 2.24) is 19.2 Å². The van der Waals surface area contributed by atoms with E-state index in [0.29, 0.717) is 18.8 Å². The number of imidazole rings is 1. The molecule has 8 heteroatoms. The number of fused-ring (bicyclic) bond motifs is 1. The van der Waals surface area contributed by atoms with Crippen molar-refractivity contribution in [2.75, 3.05) is 26.2 Å². The van der Waals surface area contributed by atoms with Gasteiger partial charge in [0.2, 0.25) is 5.91 Å². The van der Waals surface area contributed by atoms with E-state index in [2.05, 4.69) is 9.88 Å². The first-order valence-corrected chi connectivity index (χ1v) is 10.3. The smallest absolute Gasteiger partial charge is 0.274 e. The zero-order chi connectivity index (χ0) is 18.1. The van der Waals surface area contributed by atoms with Gasteiger partial charge in [0.05, 0.1) is 11.6 Å². The van der Waals surface area contributed by atoms with Gasteiger partial charge < -0.3 is 10.6 Å². The minimum Gasteiger partial charge on any atom is -0.369 e. The fraction of sp³-hybridized carbons (Fsp3) is 0.611. The third-order valence-electron chi connectivity index (χ3n) is 5.49. The first-order chi connectivity index (χ1) is 12.6. The minimum absolute atomic E-state index is 0.0408. The average Bonchev–Trinajstić information content (AvgIpc) is 3.25. The Morgan fingerprint density at radius 3 is 2.77 bits per heavy atom. The fourth-order valence-corrected chi connectivity index (χ4v) is 4.78. The van der Waals surface area contributed by atoms with Crippen molar-refractivity contribution < 1.29 is 9.59 Å². The zero-order valence-electron chi connectivity index (χ0n) is 14.9. The van der Waals surface area contributed by atoms with Crippen LogP contribution in [0.3, 0.4) is 0 Å². The Kier molecular flexibility index (Phi) is 4.95. The molecule has 0 aromatic carbocycles. The quantitative estimate of drug-likeness (QED) is 0.882. The Morgan fingerprint density at radius 2 is 2.00 bits per heavy atom. The summed E-state index contributed by atoms with van der Waals surface area (Å²) < 4.78 is 2.02. The third kappa shape index (κ3) is 3.35. The number of nitrogens with zero attached hydrogens (tertiary/aromatic N) is 4. The van der Waals surface area contributed by atoms with Crippen molar-refractivity contribution in [1.29, 1.82) is 0 Å². The van der Waals surface area contributed by atoms with E-state index in [4.69, 9.17) is 5.73 Å². The van der Waals surface area contributed by atoms with Crippen molar-refractivity contribution >= 4 is 28.1 Å². The van der Waals surface area contributed by atoms with Gasteiger partial charge in [0.25, 0.3) is 5.91 Å². The number of likely N-dealkylation sites (tertiary alicyclic amines) is 2. The van der Waals surface area contributed by atoms with Crippen LogP contribution in [0.25, 0.3) is 4.96 Å². The van der Waals surface area contributed by atoms with Gasteiger partial charge in [0.15, 0.2) is 10.7 Å². The summed E-state index contributed by atoms with van der Waals surface area (Å²) in [5.41, 5.74) is 7.01. The molecule has 2 aliphatic rings. The number of hydrogen-bond donors (Lipinski definition) is 1. The number of thiazole rings is 1. The van der Waals surface area contributed by atoms with Crippen LogP contribution < -0.4 is 5.73 Å². The van der Waals surface area contributed by atoms with Crippen LogP contribution in [-0.4, -0.2) is 57.2 Å². The van der Waals surface area contributed by atoms with E-state index in [1.807, 2.05) is 20.9 Å². The second-order valence-electron chi connectivity index (χ2n) is 7.29. The predicted octanol–water partition coefficient (Wildman–Crippen LogP) is 1.72. The summed E-state index contributed by atoms with van der Waals surface area (Å²) in [5, 5.41) is 1.99. The molecule has 4 rings (SSSR count). The van der Waals surface area contributed by atoms with Crippen LogP contribution in [0.15, 0.2) is 11.6 Å². The number of hydrogen-bond acceptors (Lipinski definition) is 5. The van der Waals surface area contributed by atoms with Gasteiger partial charge in [-0.2, -0.15) is 0 Å². The van der Waals surface area contributed by atoms with Gasteiger partial charge in [-0.05, 0) is 38.6 Å². The van der Waals surface area contributed by atoms with E-state index in [9.17, 15) is 9.59 Å². The second kappa shape index (κ2) is 7.36. The van der Waals surface area contributed by atoms with Crippen LogP contribution in [0.4, 0.5) is 0 Å². The molecule has 2 amide bonds. The third-order valence-corrected chi connectivity index (χ3v) is 6.24. The highest BCUT2D eigenvalue weighted by Crippen LogP contribution is 2.24. The molecule has 0 bridgehead atoms. The van der Waals surface area contributed by atoms with Crippen molar-refractivity contribution in [3.05, 3.63) is 23.0 Å². The summed E-state index contributed by atoms with van der Waals surface area (Å²) in [5.74, 6) is -0.289. The molecule has 0 unspecified atom stereocenters. The highest BCUT2D eigenvalue weighted by Gasteiger charge is 2.29. The van der Waals surface area contributed by atoms with Crippen LogP contribution in [0, 0.1) is 5.92 Å².